The quantitative estimate of drug-likeness (QED) is 0.630. The molecule has 1 aromatic carbocycles. The molecule has 0 aliphatic rings. The summed E-state index contributed by atoms with van der Waals surface area (Å²) in [6.45, 7) is 4.74. The van der Waals surface area contributed by atoms with Crippen molar-refractivity contribution in [3.63, 3.8) is 0 Å². The van der Waals surface area contributed by atoms with Crippen molar-refractivity contribution in [3.05, 3.63) is 63.6 Å². The molecule has 114 valence electrons. The molecule has 0 unspecified atom stereocenters. The largest absolute Gasteiger partial charge is 0.444 e. The Morgan fingerprint density at radius 3 is 2.64 bits per heavy atom. The highest BCUT2D eigenvalue weighted by Crippen LogP contribution is 2.24. The van der Waals surface area contributed by atoms with Crippen molar-refractivity contribution in [1.82, 2.24) is 9.88 Å². The van der Waals surface area contributed by atoms with E-state index in [-0.39, 0.29) is 0 Å². The Morgan fingerprint density at radius 1 is 1.14 bits per heavy atom. The van der Waals surface area contributed by atoms with E-state index in [4.69, 9.17) is 16.0 Å². The van der Waals surface area contributed by atoms with Crippen LogP contribution in [-0.2, 0) is 13.1 Å². The molecule has 3 nitrogen and oxygen atoms in total. The van der Waals surface area contributed by atoms with Gasteiger partial charge in [0.1, 0.15) is 6.26 Å². The van der Waals surface area contributed by atoms with E-state index in [9.17, 15) is 0 Å². The Balaban J connectivity index is 1.68. The van der Waals surface area contributed by atoms with Crippen molar-refractivity contribution in [2.45, 2.75) is 20.0 Å². The molecule has 2 aromatic heterocycles. The van der Waals surface area contributed by atoms with E-state index in [0.29, 0.717) is 5.89 Å². The van der Waals surface area contributed by atoms with E-state index in [1.165, 1.54) is 4.88 Å². The van der Waals surface area contributed by atoms with Crippen LogP contribution in [0, 0.1) is 0 Å². The first-order valence-corrected chi connectivity index (χ1v) is 8.40. The van der Waals surface area contributed by atoms with Crippen LogP contribution in [0.5, 0.6) is 0 Å². The standard InChI is InChI=1S/C17H17ClN2OS/c1-2-20(11-15-8-9-16(18)22-15)10-14-12-21-17(19-14)13-6-4-3-5-7-13/h3-9,12H,2,10-11H2,1H3. The van der Waals surface area contributed by atoms with Gasteiger partial charge in [0.25, 0.3) is 0 Å². The Labute approximate surface area is 139 Å². The zero-order valence-corrected chi connectivity index (χ0v) is 13.9. The Kier molecular flexibility index (Phi) is 4.93. The number of thiophene rings is 1. The molecule has 0 spiro atoms. The number of rotatable bonds is 6. The minimum Gasteiger partial charge on any atom is -0.444 e. The molecular weight excluding hydrogens is 316 g/mol. The minimum absolute atomic E-state index is 0.672. The minimum atomic E-state index is 0.672. The topological polar surface area (TPSA) is 29.3 Å². The van der Waals surface area contributed by atoms with Crippen molar-refractivity contribution < 1.29 is 4.42 Å². The molecule has 2 heterocycles. The monoisotopic (exact) mass is 332 g/mol. The summed E-state index contributed by atoms with van der Waals surface area (Å²) in [6, 6.07) is 14.0. The number of hydrogen-bond donors (Lipinski definition) is 0. The van der Waals surface area contributed by atoms with Crippen LogP contribution >= 0.6 is 22.9 Å². The zero-order chi connectivity index (χ0) is 15.4. The van der Waals surface area contributed by atoms with Gasteiger partial charge in [0, 0.05) is 23.5 Å². The smallest absolute Gasteiger partial charge is 0.226 e. The lowest BCUT2D eigenvalue weighted by Gasteiger charge is -2.17. The highest BCUT2D eigenvalue weighted by Gasteiger charge is 2.11. The molecule has 3 rings (SSSR count). The zero-order valence-electron chi connectivity index (χ0n) is 12.3. The molecule has 0 aliphatic heterocycles. The van der Waals surface area contributed by atoms with E-state index >= 15 is 0 Å². The second-order valence-electron chi connectivity index (χ2n) is 5.02. The van der Waals surface area contributed by atoms with Crippen LogP contribution in [-0.4, -0.2) is 16.4 Å². The maximum absolute atomic E-state index is 5.99. The average molecular weight is 333 g/mol. The van der Waals surface area contributed by atoms with E-state index in [1.54, 1.807) is 17.6 Å². The number of halogens is 1. The van der Waals surface area contributed by atoms with Gasteiger partial charge < -0.3 is 4.42 Å². The Bertz CT molecular complexity index is 723. The highest BCUT2D eigenvalue weighted by atomic mass is 35.5. The lowest BCUT2D eigenvalue weighted by molar-refractivity contribution is 0.270. The van der Waals surface area contributed by atoms with Gasteiger partial charge in [-0.3, -0.25) is 4.90 Å². The molecule has 0 fully saturated rings. The molecule has 0 amide bonds. The number of hydrogen-bond acceptors (Lipinski definition) is 4. The summed E-state index contributed by atoms with van der Waals surface area (Å²) in [7, 11) is 0. The van der Waals surface area contributed by atoms with Crippen LogP contribution in [0.4, 0.5) is 0 Å². The second kappa shape index (κ2) is 7.09. The summed E-state index contributed by atoms with van der Waals surface area (Å²) in [6.07, 6.45) is 1.74. The molecule has 0 saturated heterocycles. The third kappa shape index (κ3) is 3.77. The van der Waals surface area contributed by atoms with E-state index < -0.39 is 0 Å². The Morgan fingerprint density at radius 2 is 1.95 bits per heavy atom. The van der Waals surface area contributed by atoms with E-state index in [2.05, 4.69) is 22.9 Å². The van der Waals surface area contributed by atoms with Gasteiger partial charge in [-0.1, -0.05) is 36.7 Å². The van der Waals surface area contributed by atoms with Gasteiger partial charge in [0.05, 0.1) is 10.0 Å². The molecule has 22 heavy (non-hydrogen) atoms. The first kappa shape index (κ1) is 15.3. The fraction of sp³-hybridized carbons (Fsp3) is 0.235. The normalized spacial score (nSPS) is 11.2. The molecule has 3 aromatic rings. The predicted octanol–water partition coefficient (Wildman–Crippen LogP) is 5.08. The first-order chi connectivity index (χ1) is 10.7. The van der Waals surface area contributed by atoms with Crippen molar-refractivity contribution >= 4 is 22.9 Å². The molecule has 0 N–H and O–H groups in total. The van der Waals surface area contributed by atoms with Crippen LogP contribution in [0.25, 0.3) is 11.5 Å². The molecule has 0 aliphatic carbocycles. The van der Waals surface area contributed by atoms with Gasteiger partial charge in [-0.2, -0.15) is 0 Å². The van der Waals surface area contributed by atoms with Gasteiger partial charge >= 0.3 is 0 Å². The number of aromatic nitrogens is 1. The van der Waals surface area contributed by atoms with Crippen molar-refractivity contribution in [2.75, 3.05) is 6.54 Å². The van der Waals surface area contributed by atoms with Crippen molar-refractivity contribution in [3.8, 4) is 11.5 Å². The van der Waals surface area contributed by atoms with E-state index in [1.807, 2.05) is 36.4 Å². The van der Waals surface area contributed by atoms with Crippen LogP contribution in [0.3, 0.4) is 0 Å². The molecule has 0 atom stereocenters. The van der Waals surface area contributed by atoms with Crippen LogP contribution in [0.15, 0.2) is 53.1 Å². The SMILES string of the molecule is CCN(Cc1coc(-c2ccccc2)n1)Cc1ccc(Cl)s1. The maximum Gasteiger partial charge on any atom is 0.226 e. The number of oxazole rings is 1. The summed E-state index contributed by atoms with van der Waals surface area (Å²) in [5.74, 6) is 0.672. The summed E-state index contributed by atoms with van der Waals surface area (Å²) >= 11 is 7.62. The maximum atomic E-state index is 5.99. The molecular formula is C17H17ClN2OS. The molecule has 0 bridgehead atoms. The lowest BCUT2D eigenvalue weighted by Crippen LogP contribution is -2.21. The number of benzene rings is 1. The second-order valence-corrected chi connectivity index (χ2v) is 6.82. The first-order valence-electron chi connectivity index (χ1n) is 7.21. The van der Waals surface area contributed by atoms with Crippen LogP contribution < -0.4 is 0 Å². The third-order valence-corrected chi connectivity index (χ3v) is 4.63. The third-order valence-electron chi connectivity index (χ3n) is 3.41. The van der Waals surface area contributed by atoms with Crippen LogP contribution in [0.2, 0.25) is 4.34 Å². The fourth-order valence-corrected chi connectivity index (χ4v) is 3.39. The van der Waals surface area contributed by atoms with Gasteiger partial charge in [-0.25, -0.2) is 4.98 Å². The highest BCUT2D eigenvalue weighted by molar-refractivity contribution is 7.16. The summed E-state index contributed by atoms with van der Waals surface area (Å²) in [5, 5.41) is 0. The van der Waals surface area contributed by atoms with Crippen LogP contribution in [0.1, 0.15) is 17.5 Å². The van der Waals surface area contributed by atoms with Crippen molar-refractivity contribution in [1.29, 1.82) is 0 Å². The summed E-state index contributed by atoms with van der Waals surface area (Å²) in [4.78, 5) is 8.16. The lowest BCUT2D eigenvalue weighted by atomic mass is 10.2. The van der Waals surface area contributed by atoms with Gasteiger partial charge in [0.2, 0.25) is 5.89 Å². The molecule has 0 radical (unpaired) electrons. The van der Waals surface area contributed by atoms with Crippen molar-refractivity contribution in [2.24, 2.45) is 0 Å². The summed E-state index contributed by atoms with van der Waals surface area (Å²) in [5.41, 5.74) is 1.95. The van der Waals surface area contributed by atoms with Gasteiger partial charge in [-0.15, -0.1) is 11.3 Å². The number of nitrogens with zero attached hydrogens (tertiary/aromatic N) is 2. The summed E-state index contributed by atoms with van der Waals surface area (Å²) < 4.78 is 6.43. The van der Waals surface area contributed by atoms with E-state index in [0.717, 1.165) is 35.2 Å². The average Bonchev–Trinajstić information content (AvgIpc) is 3.17. The Hall–Kier alpha value is -1.62. The predicted molar refractivity (Wildman–Crippen MR) is 91.1 cm³/mol. The van der Waals surface area contributed by atoms with Gasteiger partial charge in [0.15, 0.2) is 0 Å². The fourth-order valence-electron chi connectivity index (χ4n) is 2.26. The molecule has 0 saturated carbocycles. The van der Waals surface area contributed by atoms with Gasteiger partial charge in [-0.05, 0) is 30.8 Å². The molecule has 5 heteroatoms.